The maximum Gasteiger partial charge on any atom is 0.136 e. The molecule has 21 heavy (non-hydrogen) atoms. The van der Waals surface area contributed by atoms with Crippen molar-refractivity contribution >= 4 is 22.4 Å². The number of hydrogen-bond acceptors (Lipinski definition) is 4. The zero-order valence-electron chi connectivity index (χ0n) is 12.5. The average molecular weight is 284 g/mol. The van der Waals surface area contributed by atoms with E-state index in [4.69, 9.17) is 4.74 Å². The minimum absolute atomic E-state index is 0.214. The fourth-order valence-corrected chi connectivity index (χ4v) is 3.09. The van der Waals surface area contributed by atoms with E-state index >= 15 is 0 Å². The third-order valence-electron chi connectivity index (χ3n) is 4.33. The highest BCUT2D eigenvalue weighted by Gasteiger charge is 2.24. The number of Topliss-reactive ketones (excluding diaryl/α,β-unsaturated/α-hetero) is 1. The minimum Gasteiger partial charge on any atom is -0.496 e. The van der Waals surface area contributed by atoms with Crippen molar-refractivity contribution in [2.24, 2.45) is 5.92 Å². The van der Waals surface area contributed by atoms with Gasteiger partial charge in [0.2, 0.25) is 0 Å². The number of pyridine rings is 1. The Morgan fingerprint density at radius 1 is 1.24 bits per heavy atom. The fourth-order valence-electron chi connectivity index (χ4n) is 3.09. The van der Waals surface area contributed by atoms with Crippen LogP contribution >= 0.6 is 0 Å². The van der Waals surface area contributed by atoms with Crippen LogP contribution in [0.5, 0.6) is 5.75 Å². The second kappa shape index (κ2) is 5.72. The minimum atomic E-state index is 0.214. The van der Waals surface area contributed by atoms with Gasteiger partial charge in [0, 0.05) is 36.0 Å². The van der Waals surface area contributed by atoms with Crippen LogP contribution in [0.3, 0.4) is 0 Å². The molecule has 4 heteroatoms. The van der Waals surface area contributed by atoms with Crippen molar-refractivity contribution in [2.75, 3.05) is 25.1 Å². The number of carbonyl (C=O) groups excluding carboxylic acids is 1. The lowest BCUT2D eigenvalue weighted by atomic mass is 9.93. The summed E-state index contributed by atoms with van der Waals surface area (Å²) >= 11 is 0. The largest absolute Gasteiger partial charge is 0.496 e. The van der Waals surface area contributed by atoms with E-state index in [1.807, 2.05) is 24.4 Å². The molecule has 1 aromatic carbocycles. The molecule has 0 bridgehead atoms. The number of piperidine rings is 1. The van der Waals surface area contributed by atoms with Crippen molar-refractivity contribution in [1.82, 2.24) is 4.98 Å². The number of ether oxygens (including phenoxy) is 1. The molecule has 1 aliphatic heterocycles. The Labute approximate surface area is 124 Å². The summed E-state index contributed by atoms with van der Waals surface area (Å²) in [6.45, 7) is 3.46. The summed E-state index contributed by atoms with van der Waals surface area (Å²) in [6, 6.07) is 8.03. The van der Waals surface area contributed by atoms with E-state index in [9.17, 15) is 4.79 Å². The van der Waals surface area contributed by atoms with Crippen molar-refractivity contribution in [1.29, 1.82) is 0 Å². The van der Waals surface area contributed by atoms with Gasteiger partial charge >= 0.3 is 0 Å². The van der Waals surface area contributed by atoms with E-state index in [1.54, 1.807) is 14.0 Å². The van der Waals surface area contributed by atoms with Crippen LogP contribution in [0.2, 0.25) is 0 Å². The van der Waals surface area contributed by atoms with Crippen LogP contribution in [0.15, 0.2) is 30.5 Å². The zero-order chi connectivity index (χ0) is 14.8. The average Bonchev–Trinajstić information content (AvgIpc) is 2.53. The predicted molar refractivity (Wildman–Crippen MR) is 83.9 cm³/mol. The number of nitrogens with zero attached hydrogens (tertiary/aromatic N) is 2. The third kappa shape index (κ3) is 2.58. The Bertz CT molecular complexity index is 661. The molecule has 2 heterocycles. The first-order chi connectivity index (χ1) is 10.2. The Balaban J connectivity index is 1.93. The molecule has 0 atom stereocenters. The van der Waals surface area contributed by atoms with E-state index in [0.29, 0.717) is 5.78 Å². The van der Waals surface area contributed by atoms with Crippen molar-refractivity contribution in [2.45, 2.75) is 19.8 Å². The van der Waals surface area contributed by atoms with Crippen molar-refractivity contribution in [3.05, 3.63) is 30.5 Å². The quantitative estimate of drug-likeness (QED) is 0.869. The highest BCUT2D eigenvalue weighted by atomic mass is 16.5. The second-order valence-electron chi connectivity index (χ2n) is 5.56. The molecule has 0 radical (unpaired) electrons. The van der Waals surface area contributed by atoms with Gasteiger partial charge in [0.25, 0.3) is 0 Å². The molecule has 0 amide bonds. The van der Waals surface area contributed by atoms with Crippen molar-refractivity contribution in [3.8, 4) is 5.75 Å². The normalized spacial score (nSPS) is 16.2. The molecule has 1 saturated heterocycles. The SMILES string of the molecule is COc1cccc2c(N3CCC(C(C)=O)CC3)nccc12. The summed E-state index contributed by atoms with van der Waals surface area (Å²) in [5.74, 6) is 2.39. The van der Waals surface area contributed by atoms with Crippen LogP contribution in [-0.4, -0.2) is 31.0 Å². The zero-order valence-corrected chi connectivity index (χ0v) is 12.5. The molecule has 0 N–H and O–H groups in total. The van der Waals surface area contributed by atoms with Gasteiger partial charge in [-0.1, -0.05) is 12.1 Å². The number of carbonyl (C=O) groups is 1. The van der Waals surface area contributed by atoms with Crippen LogP contribution in [0.1, 0.15) is 19.8 Å². The number of aromatic nitrogens is 1. The topological polar surface area (TPSA) is 42.4 Å². The molecule has 1 aromatic heterocycles. The molecular weight excluding hydrogens is 264 g/mol. The number of rotatable bonds is 3. The molecule has 110 valence electrons. The first kappa shape index (κ1) is 13.9. The standard InChI is InChI=1S/C17H20N2O2/c1-12(20)13-7-10-19(11-8-13)17-15-4-3-5-16(21-2)14(15)6-9-18-17/h3-6,9,13H,7-8,10-11H2,1-2H3. The first-order valence-corrected chi connectivity index (χ1v) is 7.38. The fraction of sp³-hybridized carbons (Fsp3) is 0.412. The van der Waals surface area contributed by atoms with Crippen LogP contribution in [-0.2, 0) is 4.79 Å². The third-order valence-corrected chi connectivity index (χ3v) is 4.33. The summed E-state index contributed by atoms with van der Waals surface area (Å²) in [6.07, 6.45) is 3.66. The Hall–Kier alpha value is -2.10. The lowest BCUT2D eigenvalue weighted by molar-refractivity contribution is -0.121. The Morgan fingerprint density at radius 2 is 2.00 bits per heavy atom. The Morgan fingerprint density at radius 3 is 2.67 bits per heavy atom. The Kier molecular flexibility index (Phi) is 3.78. The molecule has 2 aromatic rings. The maximum absolute atomic E-state index is 11.5. The molecule has 1 fully saturated rings. The number of ketones is 1. The molecule has 0 unspecified atom stereocenters. The van der Waals surface area contributed by atoms with E-state index in [2.05, 4.69) is 16.0 Å². The molecular formula is C17H20N2O2. The maximum atomic E-state index is 11.5. The van der Waals surface area contributed by atoms with Gasteiger partial charge in [0.05, 0.1) is 7.11 Å². The monoisotopic (exact) mass is 284 g/mol. The van der Waals surface area contributed by atoms with Gasteiger partial charge in [-0.3, -0.25) is 4.79 Å². The summed E-state index contributed by atoms with van der Waals surface area (Å²) in [5.41, 5.74) is 0. The summed E-state index contributed by atoms with van der Waals surface area (Å²) in [7, 11) is 1.69. The second-order valence-corrected chi connectivity index (χ2v) is 5.56. The lowest BCUT2D eigenvalue weighted by Gasteiger charge is -2.32. The number of benzene rings is 1. The van der Waals surface area contributed by atoms with Crippen LogP contribution in [0, 0.1) is 5.92 Å². The van der Waals surface area contributed by atoms with E-state index in [-0.39, 0.29) is 5.92 Å². The van der Waals surface area contributed by atoms with E-state index < -0.39 is 0 Å². The molecule has 0 aliphatic carbocycles. The molecule has 4 nitrogen and oxygen atoms in total. The number of fused-ring (bicyclic) bond motifs is 1. The van der Waals surface area contributed by atoms with Gasteiger partial charge < -0.3 is 9.64 Å². The van der Waals surface area contributed by atoms with Crippen LogP contribution in [0.25, 0.3) is 10.8 Å². The molecule has 0 spiro atoms. The van der Waals surface area contributed by atoms with Crippen LogP contribution < -0.4 is 9.64 Å². The van der Waals surface area contributed by atoms with Gasteiger partial charge in [0.15, 0.2) is 0 Å². The van der Waals surface area contributed by atoms with E-state index in [1.165, 1.54) is 0 Å². The number of anilines is 1. The molecule has 3 rings (SSSR count). The summed E-state index contributed by atoms with van der Waals surface area (Å²) in [4.78, 5) is 18.3. The van der Waals surface area contributed by atoms with Gasteiger partial charge in [-0.05, 0) is 31.9 Å². The number of hydrogen-bond donors (Lipinski definition) is 0. The van der Waals surface area contributed by atoms with Gasteiger partial charge in [-0.15, -0.1) is 0 Å². The molecule has 0 saturated carbocycles. The van der Waals surface area contributed by atoms with Crippen molar-refractivity contribution in [3.63, 3.8) is 0 Å². The highest BCUT2D eigenvalue weighted by Crippen LogP contribution is 2.32. The van der Waals surface area contributed by atoms with Gasteiger partial charge in [-0.2, -0.15) is 0 Å². The van der Waals surface area contributed by atoms with E-state index in [0.717, 1.165) is 48.3 Å². The molecule has 1 aliphatic rings. The van der Waals surface area contributed by atoms with Gasteiger partial charge in [0.1, 0.15) is 17.4 Å². The highest BCUT2D eigenvalue weighted by molar-refractivity contribution is 5.96. The first-order valence-electron chi connectivity index (χ1n) is 7.38. The van der Waals surface area contributed by atoms with Crippen molar-refractivity contribution < 1.29 is 9.53 Å². The summed E-state index contributed by atoms with van der Waals surface area (Å²) < 4.78 is 5.43. The predicted octanol–water partition coefficient (Wildman–Crippen LogP) is 3.05. The lowest BCUT2D eigenvalue weighted by Crippen LogP contribution is -2.36. The van der Waals surface area contributed by atoms with Crippen LogP contribution in [0.4, 0.5) is 5.82 Å². The smallest absolute Gasteiger partial charge is 0.136 e. The van der Waals surface area contributed by atoms with Gasteiger partial charge in [-0.25, -0.2) is 4.98 Å². The summed E-state index contributed by atoms with van der Waals surface area (Å²) in [5, 5.41) is 2.19. The number of methoxy groups -OCH3 is 1.